The highest BCUT2D eigenvalue weighted by molar-refractivity contribution is 5.93. The number of nitrogens with one attached hydrogen (secondary N) is 2. The van der Waals surface area contributed by atoms with Gasteiger partial charge in [0.25, 0.3) is 0 Å². The lowest BCUT2D eigenvalue weighted by atomic mass is 10.0. The van der Waals surface area contributed by atoms with Gasteiger partial charge in [-0.1, -0.05) is 12.1 Å². The van der Waals surface area contributed by atoms with Gasteiger partial charge < -0.3 is 25.4 Å². The van der Waals surface area contributed by atoms with E-state index in [1.165, 1.54) is 19.2 Å². The zero-order chi connectivity index (χ0) is 29.6. The number of carbonyl (C=O) groups is 1. The van der Waals surface area contributed by atoms with E-state index in [9.17, 15) is 22.0 Å². The van der Waals surface area contributed by atoms with Crippen LogP contribution in [0, 0.1) is 11.6 Å². The van der Waals surface area contributed by atoms with Gasteiger partial charge in [-0.25, -0.2) is 28.5 Å². The van der Waals surface area contributed by atoms with E-state index in [0.717, 1.165) is 60.1 Å². The van der Waals surface area contributed by atoms with Crippen LogP contribution in [0.25, 0.3) is 22.0 Å². The number of alkyl halides is 3. The van der Waals surface area contributed by atoms with E-state index in [0.29, 0.717) is 17.1 Å². The molecule has 1 saturated heterocycles. The van der Waals surface area contributed by atoms with Gasteiger partial charge in [0.2, 0.25) is 5.88 Å². The molecular weight excluding hydrogens is 551 g/mol. The molecule has 14 heteroatoms. The third kappa shape index (κ3) is 7.33. The number of piperazine rings is 1. The molecule has 3 N–H and O–H groups in total. The summed E-state index contributed by atoms with van der Waals surface area (Å²) in [6.07, 6.45) is -1.75. The van der Waals surface area contributed by atoms with Crippen LogP contribution in [0.1, 0.15) is 5.56 Å². The molecule has 9 nitrogen and oxygen atoms in total. The zero-order valence-electron chi connectivity index (χ0n) is 21.7. The van der Waals surface area contributed by atoms with Crippen LogP contribution in [0.15, 0.2) is 55.0 Å². The van der Waals surface area contributed by atoms with Crippen molar-refractivity contribution in [2.24, 2.45) is 0 Å². The monoisotopic (exact) mass is 576 g/mol. The third-order valence-corrected chi connectivity index (χ3v) is 6.14. The molecule has 0 aliphatic carbocycles. The summed E-state index contributed by atoms with van der Waals surface area (Å²) in [4.78, 5) is 24.6. The summed E-state index contributed by atoms with van der Waals surface area (Å²) in [5.41, 5.74) is 3.64. The topological polar surface area (TPSA) is 113 Å². The van der Waals surface area contributed by atoms with E-state index < -0.39 is 23.8 Å². The molecule has 1 aliphatic heterocycles. The number of pyridine rings is 1. The number of carboxylic acids is 1. The average Bonchev–Trinajstić information content (AvgIpc) is 2.96. The Hall–Kier alpha value is -4.59. The van der Waals surface area contributed by atoms with Crippen LogP contribution >= 0.6 is 0 Å². The molecule has 0 spiro atoms. The molecule has 4 aromatic rings. The van der Waals surface area contributed by atoms with Gasteiger partial charge >= 0.3 is 12.1 Å². The highest BCUT2D eigenvalue weighted by Crippen LogP contribution is 2.32. The molecule has 0 unspecified atom stereocenters. The molecule has 3 heterocycles. The van der Waals surface area contributed by atoms with Crippen molar-refractivity contribution in [3.05, 3.63) is 72.2 Å². The first-order valence-electron chi connectivity index (χ1n) is 12.3. The van der Waals surface area contributed by atoms with Crippen LogP contribution < -0.4 is 20.3 Å². The summed E-state index contributed by atoms with van der Waals surface area (Å²) in [6.45, 7) is 3.75. The van der Waals surface area contributed by atoms with Gasteiger partial charge in [-0.15, -0.1) is 0 Å². The van der Waals surface area contributed by atoms with E-state index in [1.807, 2.05) is 18.2 Å². The number of benzene rings is 2. The van der Waals surface area contributed by atoms with Crippen LogP contribution in [0.4, 0.5) is 33.5 Å². The predicted molar refractivity (Wildman–Crippen MR) is 142 cm³/mol. The van der Waals surface area contributed by atoms with Crippen molar-refractivity contribution >= 4 is 28.4 Å². The first kappa shape index (κ1) is 29.4. The lowest BCUT2D eigenvalue weighted by Gasteiger charge is -2.29. The summed E-state index contributed by atoms with van der Waals surface area (Å²) < 4.78 is 64.4. The van der Waals surface area contributed by atoms with Crippen molar-refractivity contribution in [3.63, 3.8) is 0 Å². The van der Waals surface area contributed by atoms with Gasteiger partial charge in [-0.3, -0.25) is 0 Å². The number of halogens is 5. The number of ether oxygens (including phenoxy) is 1. The second kappa shape index (κ2) is 12.7. The zero-order valence-corrected chi connectivity index (χ0v) is 21.7. The Morgan fingerprint density at radius 2 is 1.78 bits per heavy atom. The number of aliphatic carboxylic acids is 1. The van der Waals surface area contributed by atoms with Gasteiger partial charge in [-0.2, -0.15) is 13.2 Å². The first-order valence-corrected chi connectivity index (χ1v) is 12.3. The minimum absolute atomic E-state index is 0.159. The number of methoxy groups -OCH3 is 1. The van der Waals surface area contributed by atoms with Crippen molar-refractivity contribution in [1.82, 2.24) is 20.3 Å². The number of fused-ring (bicyclic) bond motifs is 1. The summed E-state index contributed by atoms with van der Waals surface area (Å²) in [5, 5.41) is 14.6. The van der Waals surface area contributed by atoms with E-state index in [4.69, 9.17) is 14.6 Å². The smallest absolute Gasteiger partial charge is 0.480 e. The summed E-state index contributed by atoms with van der Waals surface area (Å²) in [6, 6.07) is 11.5. The molecule has 0 amide bonds. The van der Waals surface area contributed by atoms with E-state index in [-0.39, 0.29) is 6.54 Å². The quantitative estimate of drug-likeness (QED) is 0.283. The number of carboxylic acid groups (broad SMARTS) is 1. The summed E-state index contributed by atoms with van der Waals surface area (Å²) >= 11 is 0. The Morgan fingerprint density at radius 1 is 1.05 bits per heavy atom. The van der Waals surface area contributed by atoms with Gasteiger partial charge in [-0.05, 0) is 29.8 Å². The number of nitrogens with zero attached hydrogens (tertiary/aromatic N) is 4. The standard InChI is InChI=1S/C25H24F2N6O.C2HF3O2/c1-34-25-23(29-13-17-2-4-19(26)12-21(17)27)11-18(14-30-25)16-3-5-22-20(10-16)24(32-15-31-22)33-8-6-28-7-9-33;3-2(4,5)1(6)7/h2-5,10-12,14-15,28-29H,6-9,13H2,1H3;(H,6,7). The lowest BCUT2D eigenvalue weighted by molar-refractivity contribution is -0.192. The van der Waals surface area contributed by atoms with Crippen molar-refractivity contribution < 1.29 is 36.6 Å². The van der Waals surface area contributed by atoms with Crippen LogP contribution in [0.2, 0.25) is 0 Å². The highest BCUT2D eigenvalue weighted by atomic mass is 19.4. The molecule has 2 aromatic heterocycles. The number of anilines is 2. The minimum Gasteiger partial charge on any atom is -0.480 e. The maximum Gasteiger partial charge on any atom is 0.490 e. The van der Waals surface area contributed by atoms with Crippen molar-refractivity contribution in [2.75, 3.05) is 43.5 Å². The summed E-state index contributed by atoms with van der Waals surface area (Å²) in [7, 11) is 1.53. The molecule has 0 atom stereocenters. The normalized spacial score (nSPS) is 13.4. The molecular formula is C27H25F5N6O3. The molecule has 2 aromatic carbocycles. The predicted octanol–water partition coefficient (Wildman–Crippen LogP) is 4.63. The molecule has 216 valence electrons. The maximum atomic E-state index is 14.1. The number of aromatic nitrogens is 3. The number of hydrogen-bond acceptors (Lipinski definition) is 8. The second-order valence-corrected chi connectivity index (χ2v) is 8.84. The third-order valence-electron chi connectivity index (χ3n) is 6.14. The number of rotatable bonds is 6. The summed E-state index contributed by atoms with van der Waals surface area (Å²) in [5.74, 6) is -2.67. The largest absolute Gasteiger partial charge is 0.490 e. The number of hydrogen-bond donors (Lipinski definition) is 3. The molecule has 0 radical (unpaired) electrons. The van der Waals surface area contributed by atoms with E-state index >= 15 is 0 Å². The van der Waals surface area contributed by atoms with Crippen molar-refractivity contribution in [3.8, 4) is 17.0 Å². The van der Waals surface area contributed by atoms with Crippen LogP contribution in [0.3, 0.4) is 0 Å². The Balaban J connectivity index is 0.000000493. The fourth-order valence-corrected chi connectivity index (χ4v) is 4.11. The molecule has 0 bridgehead atoms. The van der Waals surface area contributed by atoms with Gasteiger partial charge in [0.1, 0.15) is 23.8 Å². The van der Waals surface area contributed by atoms with Gasteiger partial charge in [0, 0.05) is 61.5 Å². The van der Waals surface area contributed by atoms with Gasteiger partial charge in [0.15, 0.2) is 0 Å². The minimum atomic E-state index is -5.08. The SMILES string of the molecule is COc1ncc(-c2ccc3ncnc(N4CCNCC4)c3c2)cc1NCc1ccc(F)cc1F.O=C(O)C(F)(F)F. The Morgan fingerprint density at radius 3 is 2.44 bits per heavy atom. The second-order valence-electron chi connectivity index (χ2n) is 8.84. The van der Waals surface area contributed by atoms with E-state index in [2.05, 4.69) is 36.6 Å². The maximum absolute atomic E-state index is 14.1. The van der Waals surface area contributed by atoms with Crippen molar-refractivity contribution in [1.29, 1.82) is 0 Å². The molecule has 0 saturated carbocycles. The molecule has 41 heavy (non-hydrogen) atoms. The Labute approximate surface area is 231 Å². The van der Waals surface area contributed by atoms with Crippen LogP contribution in [0.5, 0.6) is 5.88 Å². The Kier molecular flexibility index (Phi) is 9.12. The molecule has 1 fully saturated rings. The average molecular weight is 577 g/mol. The van der Waals surface area contributed by atoms with Crippen LogP contribution in [-0.4, -0.2) is 65.5 Å². The first-order chi connectivity index (χ1) is 19.6. The van der Waals surface area contributed by atoms with E-state index in [1.54, 1.807) is 12.5 Å². The fraction of sp³-hybridized carbons (Fsp3) is 0.259. The van der Waals surface area contributed by atoms with Gasteiger partial charge in [0.05, 0.1) is 18.3 Å². The molecule has 5 rings (SSSR count). The van der Waals surface area contributed by atoms with Crippen LogP contribution in [-0.2, 0) is 11.3 Å². The van der Waals surface area contributed by atoms with Crippen molar-refractivity contribution in [2.45, 2.75) is 12.7 Å². The molecule has 1 aliphatic rings. The lowest BCUT2D eigenvalue weighted by Crippen LogP contribution is -2.44. The Bertz CT molecular complexity index is 1530. The fourth-order valence-electron chi connectivity index (χ4n) is 4.11. The highest BCUT2D eigenvalue weighted by Gasteiger charge is 2.38.